The molecule has 0 aliphatic heterocycles. The third kappa shape index (κ3) is 3.10. The molecule has 0 bridgehead atoms. The quantitative estimate of drug-likeness (QED) is 0.742. The van der Waals surface area contributed by atoms with E-state index in [1.165, 1.54) is 6.42 Å². The number of rotatable bonds is 4. The number of carbonyl (C=O) groups excluding carboxylic acids is 1. The van der Waals surface area contributed by atoms with Crippen molar-refractivity contribution in [2.45, 2.75) is 45.6 Å². The summed E-state index contributed by atoms with van der Waals surface area (Å²) in [7, 11) is 0. The van der Waals surface area contributed by atoms with E-state index in [0.29, 0.717) is 23.3 Å². The normalized spacial score (nSPS) is 20.7. The van der Waals surface area contributed by atoms with Gasteiger partial charge in [0.15, 0.2) is 11.5 Å². The van der Waals surface area contributed by atoms with Crippen molar-refractivity contribution in [2.24, 2.45) is 11.3 Å². The summed E-state index contributed by atoms with van der Waals surface area (Å²) in [5, 5.41) is 7.89. The standard InChI is InChI=1S/C22H24N6O/c1-22(2,3)20(16-6-4-5-7-24-16)26-21(29)18-15-11-13-10-14(13)19(15)28(27-18)17-12-23-8-9-25-17/h4-9,12-14,20H,10-11H2,1-3H3,(H,26,29)/t13-,14-,20?/m1/s1. The molecule has 7 heteroatoms. The van der Waals surface area contributed by atoms with Crippen LogP contribution in [0.2, 0.25) is 0 Å². The molecule has 1 fully saturated rings. The second kappa shape index (κ2) is 6.47. The first-order valence-electron chi connectivity index (χ1n) is 10.0. The molecule has 148 valence electrons. The summed E-state index contributed by atoms with van der Waals surface area (Å²) in [5.74, 6) is 1.62. The van der Waals surface area contributed by atoms with Crippen LogP contribution in [0.4, 0.5) is 0 Å². The van der Waals surface area contributed by atoms with Crippen molar-refractivity contribution in [1.29, 1.82) is 0 Å². The first-order chi connectivity index (χ1) is 13.9. The van der Waals surface area contributed by atoms with Gasteiger partial charge >= 0.3 is 0 Å². The van der Waals surface area contributed by atoms with Crippen molar-refractivity contribution in [3.05, 3.63) is 65.6 Å². The second-order valence-corrected chi connectivity index (χ2v) is 9.02. The van der Waals surface area contributed by atoms with Gasteiger partial charge in [0.2, 0.25) is 0 Å². The fourth-order valence-corrected chi connectivity index (χ4v) is 4.35. The molecule has 0 aromatic carbocycles. The zero-order valence-corrected chi connectivity index (χ0v) is 16.8. The van der Waals surface area contributed by atoms with Crippen LogP contribution < -0.4 is 5.32 Å². The molecule has 3 aromatic heterocycles. The minimum Gasteiger partial charge on any atom is -0.342 e. The van der Waals surface area contributed by atoms with Gasteiger partial charge < -0.3 is 5.32 Å². The van der Waals surface area contributed by atoms with Gasteiger partial charge in [-0.1, -0.05) is 26.8 Å². The van der Waals surface area contributed by atoms with Crippen molar-refractivity contribution in [1.82, 2.24) is 30.0 Å². The first kappa shape index (κ1) is 18.0. The lowest BCUT2D eigenvalue weighted by molar-refractivity contribution is 0.0893. The topological polar surface area (TPSA) is 85.6 Å². The van der Waals surface area contributed by atoms with E-state index in [2.05, 4.69) is 46.1 Å². The second-order valence-electron chi connectivity index (χ2n) is 9.02. The SMILES string of the molecule is CC(C)(C)C(NC(=O)c1nn(-c2cnccn2)c2c1C[C@H]1C[C@@H]21)c1ccccn1. The third-order valence-electron chi connectivity index (χ3n) is 5.87. The Morgan fingerprint density at radius 2 is 2.07 bits per heavy atom. The number of hydrogen-bond acceptors (Lipinski definition) is 5. The van der Waals surface area contributed by atoms with Crippen LogP contribution in [0.5, 0.6) is 0 Å². The number of hydrogen-bond donors (Lipinski definition) is 1. The highest BCUT2D eigenvalue weighted by atomic mass is 16.2. The van der Waals surface area contributed by atoms with Crippen molar-refractivity contribution in [3.8, 4) is 5.82 Å². The Labute approximate surface area is 169 Å². The fourth-order valence-electron chi connectivity index (χ4n) is 4.35. The lowest BCUT2D eigenvalue weighted by atomic mass is 9.84. The summed E-state index contributed by atoms with van der Waals surface area (Å²) >= 11 is 0. The first-order valence-corrected chi connectivity index (χ1v) is 10.0. The molecule has 1 saturated carbocycles. The molecule has 5 rings (SSSR count). The van der Waals surface area contributed by atoms with Crippen LogP contribution in [0.1, 0.15) is 66.6 Å². The Balaban J connectivity index is 1.51. The summed E-state index contributed by atoms with van der Waals surface area (Å²) in [6.07, 6.45) is 8.82. The maximum Gasteiger partial charge on any atom is 0.272 e. The molecule has 1 N–H and O–H groups in total. The number of carbonyl (C=O) groups is 1. The number of nitrogens with one attached hydrogen (secondary N) is 1. The molecule has 1 amide bonds. The molecule has 3 heterocycles. The van der Waals surface area contributed by atoms with Gasteiger partial charge in [0.1, 0.15) is 0 Å². The van der Waals surface area contributed by atoms with Crippen LogP contribution in [0.25, 0.3) is 5.82 Å². The molecule has 1 unspecified atom stereocenters. The van der Waals surface area contributed by atoms with Gasteiger partial charge in [0.25, 0.3) is 5.91 Å². The Morgan fingerprint density at radius 3 is 2.76 bits per heavy atom. The average molecular weight is 388 g/mol. The van der Waals surface area contributed by atoms with E-state index in [-0.39, 0.29) is 17.4 Å². The summed E-state index contributed by atoms with van der Waals surface area (Å²) in [6.45, 7) is 6.30. The van der Waals surface area contributed by atoms with Crippen LogP contribution in [0.3, 0.4) is 0 Å². The van der Waals surface area contributed by atoms with Gasteiger partial charge in [0, 0.05) is 30.1 Å². The van der Waals surface area contributed by atoms with Crippen LogP contribution in [-0.4, -0.2) is 30.6 Å². The Morgan fingerprint density at radius 1 is 1.21 bits per heavy atom. The minimum absolute atomic E-state index is 0.157. The third-order valence-corrected chi connectivity index (χ3v) is 5.87. The van der Waals surface area contributed by atoms with Gasteiger partial charge in [-0.15, -0.1) is 0 Å². The number of aromatic nitrogens is 5. The molecule has 7 nitrogen and oxygen atoms in total. The van der Waals surface area contributed by atoms with Gasteiger partial charge in [-0.2, -0.15) is 5.10 Å². The van der Waals surface area contributed by atoms with E-state index in [0.717, 1.165) is 23.4 Å². The lowest BCUT2D eigenvalue weighted by Gasteiger charge is -2.30. The smallest absolute Gasteiger partial charge is 0.272 e. The molecule has 3 atom stereocenters. The number of fused-ring (bicyclic) bond motifs is 3. The molecular formula is C22H24N6O. The van der Waals surface area contributed by atoms with Crippen LogP contribution in [-0.2, 0) is 6.42 Å². The van der Waals surface area contributed by atoms with Crippen LogP contribution in [0, 0.1) is 11.3 Å². The lowest BCUT2D eigenvalue weighted by Crippen LogP contribution is -2.37. The highest BCUT2D eigenvalue weighted by Gasteiger charge is 2.50. The predicted octanol–water partition coefficient (Wildman–Crippen LogP) is 3.23. The van der Waals surface area contributed by atoms with E-state index in [1.807, 2.05) is 22.9 Å². The molecule has 3 aromatic rings. The molecule has 2 aliphatic rings. The van der Waals surface area contributed by atoms with Gasteiger partial charge in [0.05, 0.1) is 23.6 Å². The van der Waals surface area contributed by atoms with Crippen molar-refractivity contribution < 1.29 is 4.79 Å². The summed E-state index contributed by atoms with van der Waals surface area (Å²) < 4.78 is 1.82. The van der Waals surface area contributed by atoms with E-state index in [1.54, 1.807) is 24.8 Å². The van der Waals surface area contributed by atoms with Crippen LogP contribution in [0.15, 0.2) is 43.0 Å². The van der Waals surface area contributed by atoms with Crippen molar-refractivity contribution in [2.75, 3.05) is 0 Å². The van der Waals surface area contributed by atoms with E-state index < -0.39 is 0 Å². The molecule has 0 saturated heterocycles. The van der Waals surface area contributed by atoms with E-state index in [4.69, 9.17) is 0 Å². The monoisotopic (exact) mass is 388 g/mol. The van der Waals surface area contributed by atoms with Gasteiger partial charge in [-0.25, -0.2) is 9.67 Å². The number of pyridine rings is 1. The molecular weight excluding hydrogens is 364 g/mol. The Hall–Kier alpha value is -3.09. The molecule has 29 heavy (non-hydrogen) atoms. The van der Waals surface area contributed by atoms with Crippen LogP contribution >= 0.6 is 0 Å². The highest BCUT2D eigenvalue weighted by Crippen LogP contribution is 2.57. The maximum absolute atomic E-state index is 13.4. The Kier molecular flexibility index (Phi) is 4.01. The van der Waals surface area contributed by atoms with Crippen molar-refractivity contribution >= 4 is 5.91 Å². The maximum atomic E-state index is 13.4. The Bertz CT molecular complexity index is 1050. The van der Waals surface area contributed by atoms with E-state index >= 15 is 0 Å². The summed E-state index contributed by atoms with van der Waals surface area (Å²) in [6, 6.07) is 5.56. The zero-order valence-electron chi connectivity index (χ0n) is 16.8. The fraction of sp³-hybridized carbons (Fsp3) is 0.409. The average Bonchev–Trinajstić information content (AvgIpc) is 3.21. The number of amides is 1. The molecule has 2 aliphatic carbocycles. The molecule has 0 spiro atoms. The zero-order chi connectivity index (χ0) is 20.2. The van der Waals surface area contributed by atoms with Gasteiger partial charge in [-0.3, -0.25) is 14.8 Å². The largest absolute Gasteiger partial charge is 0.342 e. The van der Waals surface area contributed by atoms with E-state index in [9.17, 15) is 4.79 Å². The molecule has 0 radical (unpaired) electrons. The predicted molar refractivity (Wildman–Crippen MR) is 108 cm³/mol. The van der Waals surface area contributed by atoms with Crippen molar-refractivity contribution in [3.63, 3.8) is 0 Å². The minimum atomic E-state index is -0.218. The summed E-state index contributed by atoms with van der Waals surface area (Å²) in [4.78, 5) is 26.4. The number of nitrogens with zero attached hydrogens (tertiary/aromatic N) is 5. The highest BCUT2D eigenvalue weighted by molar-refractivity contribution is 5.94. The van der Waals surface area contributed by atoms with Gasteiger partial charge in [-0.05, 0) is 36.3 Å². The summed E-state index contributed by atoms with van der Waals surface area (Å²) in [5.41, 5.74) is 3.35.